The zero-order valence-electron chi connectivity index (χ0n) is 10.1. The van der Waals surface area contributed by atoms with Gasteiger partial charge >= 0.3 is 0 Å². The van der Waals surface area contributed by atoms with Gasteiger partial charge < -0.3 is 5.73 Å². The highest BCUT2D eigenvalue weighted by Gasteiger charge is 2.22. The molecular weight excluding hydrogens is 225 g/mol. The van der Waals surface area contributed by atoms with Crippen LogP contribution in [0.5, 0.6) is 0 Å². The molecule has 90 valence electrons. The Bertz CT molecular complexity index is 363. The van der Waals surface area contributed by atoms with E-state index in [-0.39, 0.29) is 16.8 Å². The lowest BCUT2D eigenvalue weighted by molar-refractivity contribution is 0.449. The van der Waals surface area contributed by atoms with E-state index in [0.29, 0.717) is 12.5 Å². The van der Waals surface area contributed by atoms with Crippen LogP contribution in [0.2, 0.25) is 5.02 Å². The average molecular weight is 244 g/mol. The lowest BCUT2D eigenvalue weighted by Crippen LogP contribution is -2.15. The minimum atomic E-state index is -0.284. The summed E-state index contributed by atoms with van der Waals surface area (Å²) in [5.74, 6) is 0.215. The largest absolute Gasteiger partial charge is 0.330 e. The molecule has 1 atom stereocenters. The standard InChI is InChI=1S/C13H19ClFN/c1-8(2)10(6-7-16)12-9(3)4-5-11(14)13(12)15/h4-5,8,10H,6-7,16H2,1-3H3. The van der Waals surface area contributed by atoms with E-state index in [2.05, 4.69) is 13.8 Å². The molecule has 1 aromatic rings. The summed E-state index contributed by atoms with van der Waals surface area (Å²) in [4.78, 5) is 0. The van der Waals surface area contributed by atoms with Gasteiger partial charge in [-0.05, 0) is 48.9 Å². The number of aryl methyl sites for hydroxylation is 1. The topological polar surface area (TPSA) is 26.0 Å². The van der Waals surface area contributed by atoms with E-state index in [1.165, 1.54) is 0 Å². The molecule has 0 fully saturated rings. The molecule has 0 radical (unpaired) electrons. The number of nitrogens with two attached hydrogens (primary N) is 1. The van der Waals surface area contributed by atoms with Crippen molar-refractivity contribution in [2.75, 3.05) is 6.54 Å². The van der Waals surface area contributed by atoms with Crippen LogP contribution in [-0.2, 0) is 0 Å². The van der Waals surface area contributed by atoms with Gasteiger partial charge in [-0.1, -0.05) is 31.5 Å². The molecular formula is C13H19ClFN. The van der Waals surface area contributed by atoms with Crippen molar-refractivity contribution in [1.82, 2.24) is 0 Å². The summed E-state index contributed by atoms with van der Waals surface area (Å²) in [6, 6.07) is 3.47. The van der Waals surface area contributed by atoms with Gasteiger partial charge in [-0.2, -0.15) is 0 Å². The lowest BCUT2D eigenvalue weighted by atomic mass is 9.83. The third-order valence-electron chi connectivity index (χ3n) is 3.00. The first-order chi connectivity index (χ1) is 7.49. The summed E-state index contributed by atoms with van der Waals surface area (Å²) in [5, 5.41) is 0.197. The first kappa shape index (κ1) is 13.5. The van der Waals surface area contributed by atoms with E-state index in [1.807, 2.05) is 13.0 Å². The Labute approximate surface area is 102 Å². The predicted molar refractivity (Wildman–Crippen MR) is 67.4 cm³/mol. The van der Waals surface area contributed by atoms with E-state index in [1.54, 1.807) is 6.07 Å². The third kappa shape index (κ3) is 2.74. The molecule has 0 amide bonds. The zero-order chi connectivity index (χ0) is 12.3. The Morgan fingerprint density at radius 2 is 2.00 bits per heavy atom. The molecule has 1 aromatic carbocycles. The van der Waals surface area contributed by atoms with Gasteiger partial charge in [-0.15, -0.1) is 0 Å². The molecule has 1 unspecified atom stereocenters. The summed E-state index contributed by atoms with van der Waals surface area (Å²) in [5.41, 5.74) is 7.27. The monoisotopic (exact) mass is 243 g/mol. The van der Waals surface area contributed by atoms with E-state index in [4.69, 9.17) is 17.3 Å². The van der Waals surface area contributed by atoms with Crippen molar-refractivity contribution >= 4 is 11.6 Å². The third-order valence-corrected chi connectivity index (χ3v) is 3.30. The summed E-state index contributed by atoms with van der Waals surface area (Å²) in [6.07, 6.45) is 0.787. The van der Waals surface area contributed by atoms with Crippen molar-refractivity contribution in [1.29, 1.82) is 0 Å². The second kappa shape index (κ2) is 5.65. The highest BCUT2D eigenvalue weighted by atomic mass is 35.5. The summed E-state index contributed by atoms with van der Waals surface area (Å²) >= 11 is 5.83. The van der Waals surface area contributed by atoms with E-state index in [9.17, 15) is 4.39 Å². The number of rotatable bonds is 4. The van der Waals surface area contributed by atoms with Crippen molar-refractivity contribution in [2.45, 2.75) is 33.1 Å². The summed E-state index contributed by atoms with van der Waals surface area (Å²) in [6.45, 7) is 6.65. The van der Waals surface area contributed by atoms with Gasteiger partial charge in [-0.3, -0.25) is 0 Å². The second-order valence-corrected chi connectivity index (χ2v) is 4.93. The first-order valence-corrected chi connectivity index (χ1v) is 6.01. The van der Waals surface area contributed by atoms with Gasteiger partial charge in [0, 0.05) is 0 Å². The van der Waals surface area contributed by atoms with Gasteiger partial charge in [0.15, 0.2) is 0 Å². The molecule has 0 heterocycles. The van der Waals surface area contributed by atoms with Gasteiger partial charge in [-0.25, -0.2) is 4.39 Å². The molecule has 0 aliphatic heterocycles. The van der Waals surface area contributed by atoms with Crippen LogP contribution in [0.15, 0.2) is 12.1 Å². The Morgan fingerprint density at radius 3 is 2.50 bits per heavy atom. The molecule has 0 saturated heterocycles. The minimum absolute atomic E-state index is 0.142. The molecule has 0 aliphatic carbocycles. The Kier molecular flexibility index (Phi) is 4.75. The van der Waals surface area contributed by atoms with Crippen molar-refractivity contribution in [3.8, 4) is 0 Å². The van der Waals surface area contributed by atoms with Crippen molar-refractivity contribution in [3.63, 3.8) is 0 Å². The van der Waals surface area contributed by atoms with Gasteiger partial charge in [0.05, 0.1) is 5.02 Å². The molecule has 0 saturated carbocycles. The molecule has 0 bridgehead atoms. The Morgan fingerprint density at radius 1 is 1.38 bits per heavy atom. The molecule has 3 heteroatoms. The van der Waals surface area contributed by atoms with Crippen LogP contribution in [0.4, 0.5) is 4.39 Å². The fraction of sp³-hybridized carbons (Fsp3) is 0.538. The fourth-order valence-electron chi connectivity index (χ4n) is 2.11. The van der Waals surface area contributed by atoms with Crippen LogP contribution < -0.4 is 5.73 Å². The zero-order valence-corrected chi connectivity index (χ0v) is 10.8. The highest BCUT2D eigenvalue weighted by Crippen LogP contribution is 2.34. The van der Waals surface area contributed by atoms with E-state index in [0.717, 1.165) is 17.5 Å². The maximum atomic E-state index is 14.0. The molecule has 0 aliphatic rings. The van der Waals surface area contributed by atoms with Crippen molar-refractivity contribution in [3.05, 3.63) is 34.1 Å². The maximum Gasteiger partial charge on any atom is 0.145 e. The molecule has 0 spiro atoms. The molecule has 2 N–H and O–H groups in total. The number of hydrogen-bond donors (Lipinski definition) is 1. The number of halogens is 2. The van der Waals surface area contributed by atoms with Crippen LogP contribution in [0.3, 0.4) is 0 Å². The lowest BCUT2D eigenvalue weighted by Gasteiger charge is -2.23. The predicted octanol–water partition coefficient (Wildman–Crippen LogP) is 3.88. The molecule has 1 nitrogen and oxygen atoms in total. The molecule has 16 heavy (non-hydrogen) atoms. The van der Waals surface area contributed by atoms with Gasteiger partial charge in [0.2, 0.25) is 0 Å². The van der Waals surface area contributed by atoms with Crippen LogP contribution >= 0.6 is 11.6 Å². The van der Waals surface area contributed by atoms with Crippen LogP contribution in [-0.4, -0.2) is 6.54 Å². The van der Waals surface area contributed by atoms with Gasteiger partial charge in [0.25, 0.3) is 0 Å². The normalized spacial score (nSPS) is 13.2. The average Bonchev–Trinajstić information content (AvgIpc) is 2.22. The fourth-order valence-corrected chi connectivity index (χ4v) is 2.27. The Hall–Kier alpha value is -0.600. The number of benzene rings is 1. The first-order valence-electron chi connectivity index (χ1n) is 5.63. The second-order valence-electron chi connectivity index (χ2n) is 4.52. The number of hydrogen-bond acceptors (Lipinski definition) is 1. The van der Waals surface area contributed by atoms with Crippen molar-refractivity contribution in [2.24, 2.45) is 11.7 Å². The van der Waals surface area contributed by atoms with Crippen LogP contribution in [0, 0.1) is 18.7 Å². The van der Waals surface area contributed by atoms with Crippen LogP contribution in [0.25, 0.3) is 0 Å². The SMILES string of the molecule is Cc1ccc(Cl)c(F)c1C(CCN)C(C)C. The van der Waals surface area contributed by atoms with E-state index >= 15 is 0 Å². The van der Waals surface area contributed by atoms with Gasteiger partial charge in [0.1, 0.15) is 5.82 Å². The smallest absolute Gasteiger partial charge is 0.145 e. The molecule has 1 rings (SSSR count). The maximum absolute atomic E-state index is 14.0. The van der Waals surface area contributed by atoms with Crippen LogP contribution in [0.1, 0.15) is 37.3 Å². The van der Waals surface area contributed by atoms with E-state index < -0.39 is 0 Å². The molecule has 0 aromatic heterocycles. The summed E-state index contributed by atoms with van der Waals surface area (Å²) < 4.78 is 14.0. The quantitative estimate of drug-likeness (QED) is 0.854. The minimum Gasteiger partial charge on any atom is -0.330 e. The Balaban J connectivity index is 3.22. The summed E-state index contributed by atoms with van der Waals surface area (Å²) in [7, 11) is 0. The van der Waals surface area contributed by atoms with Crippen molar-refractivity contribution < 1.29 is 4.39 Å². The highest BCUT2D eigenvalue weighted by molar-refractivity contribution is 6.30.